The number of nitrogens with zero attached hydrogens (tertiary/aromatic N) is 1. The van der Waals surface area contributed by atoms with Gasteiger partial charge in [-0.1, -0.05) is 24.3 Å². The van der Waals surface area contributed by atoms with Crippen LogP contribution in [0, 0.1) is 11.8 Å². The molecular weight excluding hydrogens is 362 g/mol. The zero-order valence-electron chi connectivity index (χ0n) is 12.6. The van der Waals surface area contributed by atoms with Gasteiger partial charge in [-0.2, -0.15) is 0 Å². The average molecular weight is 378 g/mol. The van der Waals surface area contributed by atoms with Gasteiger partial charge in [0.05, 0.1) is 30.9 Å². The number of ether oxygens (including phenoxy) is 2. The highest BCUT2D eigenvalue weighted by Gasteiger charge is 2.67. The van der Waals surface area contributed by atoms with E-state index in [0.717, 1.165) is 10.2 Å². The highest BCUT2D eigenvalue weighted by atomic mass is 79.9. The van der Waals surface area contributed by atoms with E-state index in [1.165, 1.54) is 0 Å². The molecule has 0 N–H and O–H groups in total. The van der Waals surface area contributed by atoms with E-state index in [9.17, 15) is 9.59 Å². The quantitative estimate of drug-likeness (QED) is 0.598. The maximum atomic E-state index is 13.0. The Hall–Kier alpha value is -1.66. The second-order valence-corrected chi connectivity index (χ2v) is 6.88. The van der Waals surface area contributed by atoms with Gasteiger partial charge in [0.15, 0.2) is 0 Å². The third-order valence-corrected chi connectivity index (χ3v) is 5.47. The van der Waals surface area contributed by atoms with E-state index in [1.807, 2.05) is 36.4 Å². The summed E-state index contributed by atoms with van der Waals surface area (Å²) < 4.78 is 12.0. The number of anilines is 1. The molecule has 0 aromatic heterocycles. The van der Waals surface area contributed by atoms with E-state index >= 15 is 0 Å². The van der Waals surface area contributed by atoms with E-state index in [4.69, 9.17) is 9.47 Å². The fraction of sp³-hybridized carbons (Fsp3) is 0.412. The lowest BCUT2D eigenvalue weighted by Crippen LogP contribution is -2.40. The third kappa shape index (κ3) is 2.01. The number of halogens is 1. The van der Waals surface area contributed by atoms with Crippen molar-refractivity contribution in [2.45, 2.75) is 18.6 Å². The first-order valence-electron chi connectivity index (χ1n) is 7.67. The average Bonchev–Trinajstić information content (AvgIpc) is 3.16. The molecule has 1 aromatic carbocycles. The summed E-state index contributed by atoms with van der Waals surface area (Å²) in [4.78, 5) is 27.0. The second kappa shape index (κ2) is 5.18. The molecule has 3 aliphatic rings. The molecule has 0 radical (unpaired) electrons. The Labute approximate surface area is 142 Å². The van der Waals surface area contributed by atoms with Crippen LogP contribution in [0.2, 0.25) is 0 Å². The molecule has 1 amide bonds. The van der Waals surface area contributed by atoms with Crippen LogP contribution in [0.1, 0.15) is 6.92 Å². The van der Waals surface area contributed by atoms with Gasteiger partial charge < -0.3 is 14.4 Å². The molecule has 6 heteroatoms. The highest BCUT2D eigenvalue weighted by molar-refractivity contribution is 9.10. The fourth-order valence-corrected chi connectivity index (χ4v) is 4.38. The first-order valence-corrected chi connectivity index (χ1v) is 8.46. The van der Waals surface area contributed by atoms with Gasteiger partial charge in [0.1, 0.15) is 11.5 Å². The van der Waals surface area contributed by atoms with Crippen LogP contribution in [0.5, 0.6) is 0 Å². The number of para-hydroxylation sites is 1. The molecule has 3 aliphatic heterocycles. The number of rotatable bonds is 3. The summed E-state index contributed by atoms with van der Waals surface area (Å²) in [5.41, 5.74) is 0.0818. The first-order chi connectivity index (χ1) is 11.1. The van der Waals surface area contributed by atoms with Crippen LogP contribution in [-0.4, -0.2) is 36.7 Å². The lowest BCUT2D eigenvalue weighted by Gasteiger charge is -2.22. The summed E-state index contributed by atoms with van der Waals surface area (Å²) in [6, 6.07) is 7.56. The maximum Gasteiger partial charge on any atom is 0.312 e. The van der Waals surface area contributed by atoms with Gasteiger partial charge in [-0.25, -0.2) is 0 Å². The normalized spacial score (nSPS) is 34.1. The van der Waals surface area contributed by atoms with Crippen LogP contribution < -0.4 is 4.90 Å². The molecule has 0 saturated carbocycles. The minimum absolute atomic E-state index is 0.0817. The molecular formula is C17H16BrNO4. The van der Waals surface area contributed by atoms with Crippen molar-refractivity contribution in [3.63, 3.8) is 0 Å². The van der Waals surface area contributed by atoms with Gasteiger partial charge in [-0.05, 0) is 35.0 Å². The summed E-state index contributed by atoms with van der Waals surface area (Å²) in [5, 5.41) is 0. The number of amides is 1. The molecule has 2 saturated heterocycles. The van der Waals surface area contributed by atoms with Gasteiger partial charge >= 0.3 is 5.97 Å². The second-order valence-electron chi connectivity index (χ2n) is 6.03. The van der Waals surface area contributed by atoms with Crippen LogP contribution in [0.15, 0.2) is 40.9 Å². The molecule has 0 unspecified atom stereocenters. The zero-order valence-corrected chi connectivity index (χ0v) is 14.2. The van der Waals surface area contributed by atoms with E-state index < -0.39 is 17.4 Å². The SMILES string of the molecule is CCOC(=O)[C@H]1[C@H]2C(=O)N(c3ccccc3Br)C[C@@]23C=C[C@H]1O3. The van der Waals surface area contributed by atoms with E-state index in [0.29, 0.717) is 13.2 Å². The predicted molar refractivity (Wildman–Crippen MR) is 86.9 cm³/mol. The van der Waals surface area contributed by atoms with Gasteiger partial charge in [0.25, 0.3) is 0 Å². The number of carbonyl (C=O) groups is 2. The molecule has 2 bridgehead atoms. The van der Waals surface area contributed by atoms with Gasteiger partial charge in [-0.3, -0.25) is 9.59 Å². The minimum atomic E-state index is -0.714. The van der Waals surface area contributed by atoms with E-state index in [1.54, 1.807) is 11.8 Å². The molecule has 5 nitrogen and oxygen atoms in total. The number of fused-ring (bicyclic) bond motifs is 1. The lowest BCUT2D eigenvalue weighted by molar-refractivity contribution is -0.151. The Kier molecular flexibility index (Phi) is 3.35. The smallest absolute Gasteiger partial charge is 0.312 e. The summed E-state index contributed by atoms with van der Waals surface area (Å²) in [7, 11) is 0. The molecule has 1 spiro atoms. The largest absolute Gasteiger partial charge is 0.466 e. The van der Waals surface area contributed by atoms with Gasteiger partial charge in [-0.15, -0.1) is 0 Å². The van der Waals surface area contributed by atoms with E-state index in [2.05, 4.69) is 15.9 Å². The molecule has 4 rings (SSSR count). The zero-order chi connectivity index (χ0) is 16.2. The van der Waals surface area contributed by atoms with Crippen LogP contribution >= 0.6 is 15.9 Å². The van der Waals surface area contributed by atoms with Crippen LogP contribution in [0.3, 0.4) is 0 Å². The maximum absolute atomic E-state index is 13.0. The van der Waals surface area contributed by atoms with Crippen molar-refractivity contribution < 1.29 is 19.1 Å². The topological polar surface area (TPSA) is 55.8 Å². The van der Waals surface area contributed by atoms with Crippen molar-refractivity contribution >= 4 is 33.5 Å². The molecule has 2 fully saturated rings. The van der Waals surface area contributed by atoms with Gasteiger partial charge in [0.2, 0.25) is 5.91 Å². The van der Waals surface area contributed by atoms with Crippen molar-refractivity contribution in [2.24, 2.45) is 11.8 Å². The molecule has 3 heterocycles. The fourth-order valence-electron chi connectivity index (χ4n) is 3.88. The van der Waals surface area contributed by atoms with Crippen molar-refractivity contribution in [2.75, 3.05) is 18.1 Å². The Balaban J connectivity index is 1.71. The van der Waals surface area contributed by atoms with Crippen molar-refractivity contribution in [3.8, 4) is 0 Å². The summed E-state index contributed by atoms with van der Waals surface area (Å²) >= 11 is 3.49. The summed E-state index contributed by atoms with van der Waals surface area (Å²) in [6.07, 6.45) is 3.46. The Morgan fingerprint density at radius 3 is 3.00 bits per heavy atom. The molecule has 120 valence electrons. The minimum Gasteiger partial charge on any atom is -0.466 e. The first kappa shape index (κ1) is 14.9. The lowest BCUT2D eigenvalue weighted by atomic mass is 9.77. The Morgan fingerprint density at radius 2 is 2.26 bits per heavy atom. The van der Waals surface area contributed by atoms with Crippen molar-refractivity contribution in [3.05, 3.63) is 40.9 Å². The molecule has 23 heavy (non-hydrogen) atoms. The number of hydrogen-bond donors (Lipinski definition) is 0. The van der Waals surface area contributed by atoms with Gasteiger partial charge in [0, 0.05) is 4.47 Å². The summed E-state index contributed by atoms with van der Waals surface area (Å²) in [5.74, 6) is -1.50. The summed E-state index contributed by atoms with van der Waals surface area (Å²) in [6.45, 7) is 2.48. The molecule has 1 aromatic rings. The molecule has 4 atom stereocenters. The number of esters is 1. The number of hydrogen-bond acceptors (Lipinski definition) is 4. The number of carbonyl (C=O) groups excluding carboxylic acids is 2. The van der Waals surface area contributed by atoms with Crippen LogP contribution in [-0.2, 0) is 19.1 Å². The van der Waals surface area contributed by atoms with Crippen LogP contribution in [0.4, 0.5) is 5.69 Å². The standard InChI is InChI=1S/C17H16BrNO4/c1-2-22-16(21)13-12-7-8-17(23-12)9-19(15(20)14(13)17)11-6-4-3-5-10(11)18/h3-8,12-14H,2,9H2,1H3/t12-,13-,14+,17+/m1/s1. The highest BCUT2D eigenvalue weighted by Crippen LogP contribution is 2.53. The number of benzene rings is 1. The van der Waals surface area contributed by atoms with Crippen molar-refractivity contribution in [1.82, 2.24) is 0 Å². The molecule has 0 aliphatic carbocycles. The predicted octanol–water partition coefficient (Wildman–Crippen LogP) is 2.30. The Morgan fingerprint density at radius 1 is 1.48 bits per heavy atom. The monoisotopic (exact) mass is 377 g/mol. The van der Waals surface area contributed by atoms with E-state index in [-0.39, 0.29) is 18.0 Å². The van der Waals surface area contributed by atoms with Crippen molar-refractivity contribution in [1.29, 1.82) is 0 Å². The third-order valence-electron chi connectivity index (χ3n) is 4.80. The van der Waals surface area contributed by atoms with Crippen LogP contribution in [0.25, 0.3) is 0 Å². The Bertz CT molecular complexity index is 718.